The summed E-state index contributed by atoms with van der Waals surface area (Å²) in [6.45, 7) is 0. The molecule has 0 aliphatic rings. The first-order valence-corrected chi connectivity index (χ1v) is 3.23. The Morgan fingerprint density at radius 3 is 2.46 bits per heavy atom. The Kier molecular flexibility index (Phi) is 2.22. The highest BCUT2D eigenvalue weighted by Gasteiger charge is 2.32. The smallest absolute Gasteiger partial charge is 0.506 e. The van der Waals surface area contributed by atoms with Crippen molar-refractivity contribution in [2.75, 3.05) is 5.73 Å². The fraction of sp³-hybridized carbons (Fsp3) is 0.143. The average molecular weight is 193 g/mol. The Bertz CT molecular complexity index is 311. The van der Waals surface area contributed by atoms with Gasteiger partial charge in [-0.3, -0.25) is 0 Å². The molecule has 1 aromatic rings. The van der Waals surface area contributed by atoms with E-state index < -0.39 is 23.5 Å². The van der Waals surface area contributed by atoms with Crippen LogP contribution in [0, 0.1) is 0 Å². The number of nitrogens with two attached hydrogens (primary N) is 1. The minimum Gasteiger partial charge on any atom is -0.506 e. The first kappa shape index (κ1) is 9.50. The Morgan fingerprint density at radius 2 is 1.92 bits per heavy atom. The van der Waals surface area contributed by atoms with Crippen molar-refractivity contribution >= 4 is 5.69 Å². The molecule has 1 aromatic carbocycles. The van der Waals surface area contributed by atoms with Crippen LogP contribution in [0.25, 0.3) is 0 Å². The fourth-order valence-electron chi connectivity index (χ4n) is 0.746. The molecule has 72 valence electrons. The van der Waals surface area contributed by atoms with Gasteiger partial charge in [-0.2, -0.15) is 0 Å². The molecule has 0 bridgehead atoms. The second kappa shape index (κ2) is 3.04. The van der Waals surface area contributed by atoms with Crippen molar-refractivity contribution in [1.29, 1.82) is 0 Å². The van der Waals surface area contributed by atoms with Crippen LogP contribution in [0.15, 0.2) is 18.2 Å². The molecule has 0 saturated carbocycles. The van der Waals surface area contributed by atoms with E-state index >= 15 is 0 Å². The summed E-state index contributed by atoms with van der Waals surface area (Å²) in [7, 11) is 0. The Labute approximate surface area is 71.5 Å². The third-order valence-electron chi connectivity index (χ3n) is 1.27. The molecule has 0 aliphatic carbocycles. The molecule has 0 saturated heterocycles. The summed E-state index contributed by atoms with van der Waals surface area (Å²) in [5, 5.41) is 8.92. The molecule has 0 amide bonds. The van der Waals surface area contributed by atoms with Crippen molar-refractivity contribution in [1.82, 2.24) is 0 Å². The maximum Gasteiger partial charge on any atom is 0.573 e. The van der Waals surface area contributed by atoms with E-state index in [1.807, 2.05) is 0 Å². The molecule has 0 fully saturated rings. The lowest BCUT2D eigenvalue weighted by Crippen LogP contribution is -2.17. The van der Waals surface area contributed by atoms with Crippen LogP contribution in [0.4, 0.5) is 18.9 Å². The number of ether oxygens (including phenoxy) is 1. The third-order valence-corrected chi connectivity index (χ3v) is 1.27. The van der Waals surface area contributed by atoms with Gasteiger partial charge in [0.05, 0.1) is 0 Å². The number of aromatic hydroxyl groups is 1. The summed E-state index contributed by atoms with van der Waals surface area (Å²) in [5.41, 5.74) is 4.68. The second-order valence-electron chi connectivity index (χ2n) is 2.24. The van der Waals surface area contributed by atoms with E-state index in [1.165, 1.54) is 12.1 Å². The predicted octanol–water partition coefficient (Wildman–Crippen LogP) is 1.87. The van der Waals surface area contributed by atoms with Gasteiger partial charge < -0.3 is 15.6 Å². The monoisotopic (exact) mass is 193 g/mol. The first-order chi connectivity index (χ1) is 5.90. The number of para-hydroxylation sites is 1. The molecule has 0 aliphatic heterocycles. The van der Waals surface area contributed by atoms with Gasteiger partial charge in [0.2, 0.25) is 0 Å². The Morgan fingerprint density at radius 1 is 1.31 bits per heavy atom. The average Bonchev–Trinajstić information content (AvgIpc) is 1.96. The lowest BCUT2D eigenvalue weighted by Gasteiger charge is -2.11. The molecule has 0 unspecified atom stereocenters. The van der Waals surface area contributed by atoms with Gasteiger partial charge in [0, 0.05) is 0 Å². The molecule has 3 N–H and O–H groups in total. The van der Waals surface area contributed by atoms with Crippen LogP contribution in [0.3, 0.4) is 0 Å². The van der Waals surface area contributed by atoms with Crippen LogP contribution in [0.1, 0.15) is 0 Å². The maximum absolute atomic E-state index is 11.7. The number of halogens is 3. The van der Waals surface area contributed by atoms with Crippen LogP contribution in [-0.2, 0) is 0 Å². The molecule has 0 heterocycles. The van der Waals surface area contributed by atoms with E-state index in [1.54, 1.807) is 0 Å². The number of phenols is 1. The number of hydrogen-bond donors (Lipinski definition) is 2. The number of hydrogen-bond acceptors (Lipinski definition) is 3. The van der Waals surface area contributed by atoms with Crippen LogP contribution in [0.2, 0.25) is 0 Å². The first-order valence-electron chi connectivity index (χ1n) is 3.23. The zero-order valence-corrected chi connectivity index (χ0v) is 6.30. The highest BCUT2D eigenvalue weighted by molar-refractivity contribution is 5.61. The van der Waals surface area contributed by atoms with Gasteiger partial charge in [0.15, 0.2) is 5.75 Å². The Balaban J connectivity index is 2.96. The van der Waals surface area contributed by atoms with Crippen molar-refractivity contribution in [3.05, 3.63) is 18.2 Å². The van der Waals surface area contributed by atoms with E-state index in [0.717, 1.165) is 6.07 Å². The molecular formula is C7H6F3NO2. The van der Waals surface area contributed by atoms with E-state index in [4.69, 9.17) is 10.8 Å². The van der Waals surface area contributed by atoms with Crippen molar-refractivity contribution in [2.24, 2.45) is 0 Å². The van der Waals surface area contributed by atoms with Crippen LogP contribution in [-0.4, -0.2) is 11.5 Å². The molecule has 0 radical (unpaired) electrons. The van der Waals surface area contributed by atoms with E-state index in [0.29, 0.717) is 0 Å². The van der Waals surface area contributed by atoms with Crippen molar-refractivity contribution in [3.8, 4) is 11.5 Å². The highest BCUT2D eigenvalue weighted by atomic mass is 19.4. The largest absolute Gasteiger partial charge is 0.573 e. The Hall–Kier alpha value is -1.59. The standard InChI is InChI=1S/C7H6F3NO2/c8-7(9,10)13-5-3-1-2-4(12)6(5)11/h1-3,12H,11H2. The third kappa shape index (κ3) is 2.43. The minimum absolute atomic E-state index is 0.431. The SMILES string of the molecule is Nc1c(O)cccc1OC(F)(F)F. The number of rotatable bonds is 1. The molecule has 3 nitrogen and oxygen atoms in total. The molecule has 6 heteroatoms. The van der Waals surface area contributed by atoms with Gasteiger partial charge in [-0.1, -0.05) is 6.07 Å². The second-order valence-corrected chi connectivity index (χ2v) is 2.24. The van der Waals surface area contributed by atoms with Gasteiger partial charge in [-0.05, 0) is 12.1 Å². The summed E-state index contributed by atoms with van der Waals surface area (Å²) < 4.78 is 38.6. The minimum atomic E-state index is -4.80. The fourth-order valence-corrected chi connectivity index (χ4v) is 0.746. The number of nitrogen functional groups attached to an aromatic ring is 1. The predicted molar refractivity (Wildman–Crippen MR) is 39.2 cm³/mol. The number of anilines is 1. The quantitative estimate of drug-likeness (QED) is 0.528. The summed E-state index contributed by atoms with van der Waals surface area (Å²) in [4.78, 5) is 0. The van der Waals surface area contributed by atoms with Crippen molar-refractivity contribution in [3.63, 3.8) is 0 Å². The number of alkyl halides is 3. The highest BCUT2D eigenvalue weighted by Crippen LogP contribution is 2.33. The zero-order chi connectivity index (χ0) is 10.1. The maximum atomic E-state index is 11.7. The molecule has 1 rings (SSSR count). The van der Waals surface area contributed by atoms with E-state index in [-0.39, 0.29) is 0 Å². The topological polar surface area (TPSA) is 55.5 Å². The van der Waals surface area contributed by atoms with Crippen LogP contribution in [0.5, 0.6) is 11.5 Å². The summed E-state index contributed by atoms with van der Waals surface area (Å²) in [5.74, 6) is -1.05. The van der Waals surface area contributed by atoms with Crippen LogP contribution >= 0.6 is 0 Å². The number of phenolic OH excluding ortho intramolecular Hbond substituents is 1. The van der Waals surface area contributed by atoms with Crippen LogP contribution < -0.4 is 10.5 Å². The molecule has 0 aromatic heterocycles. The number of benzene rings is 1. The van der Waals surface area contributed by atoms with Crippen molar-refractivity contribution < 1.29 is 23.0 Å². The zero-order valence-electron chi connectivity index (χ0n) is 6.30. The van der Waals surface area contributed by atoms with E-state index in [9.17, 15) is 13.2 Å². The van der Waals surface area contributed by atoms with Crippen molar-refractivity contribution in [2.45, 2.75) is 6.36 Å². The van der Waals surface area contributed by atoms with Gasteiger partial charge in [-0.15, -0.1) is 13.2 Å². The van der Waals surface area contributed by atoms with Gasteiger partial charge >= 0.3 is 6.36 Å². The molecule has 13 heavy (non-hydrogen) atoms. The molecular weight excluding hydrogens is 187 g/mol. The lowest BCUT2D eigenvalue weighted by molar-refractivity contribution is -0.274. The van der Waals surface area contributed by atoms with Gasteiger partial charge in [0.25, 0.3) is 0 Å². The van der Waals surface area contributed by atoms with Gasteiger partial charge in [-0.25, -0.2) is 0 Å². The normalized spacial score (nSPS) is 11.3. The lowest BCUT2D eigenvalue weighted by atomic mass is 10.3. The molecule has 0 spiro atoms. The summed E-state index contributed by atoms with van der Waals surface area (Å²) >= 11 is 0. The van der Waals surface area contributed by atoms with E-state index in [2.05, 4.69) is 4.74 Å². The summed E-state index contributed by atoms with van der Waals surface area (Å²) in [6.07, 6.45) is -4.80. The summed E-state index contributed by atoms with van der Waals surface area (Å²) in [6, 6.07) is 3.38. The van der Waals surface area contributed by atoms with Gasteiger partial charge in [0.1, 0.15) is 11.4 Å². The molecule has 0 atom stereocenters.